The molecule has 0 aliphatic carbocycles. The summed E-state index contributed by atoms with van der Waals surface area (Å²) < 4.78 is 10.4. The first-order valence-electron chi connectivity index (χ1n) is 5.61. The Morgan fingerprint density at radius 1 is 1.53 bits per heavy atom. The Morgan fingerprint density at radius 3 is 2.84 bits per heavy atom. The van der Waals surface area contributed by atoms with E-state index in [0.717, 1.165) is 0 Å². The Bertz CT molecular complexity index is 482. The number of carbonyl (C=O) groups is 1. The van der Waals surface area contributed by atoms with Crippen molar-refractivity contribution in [3.05, 3.63) is 22.7 Å². The van der Waals surface area contributed by atoms with Crippen molar-refractivity contribution < 1.29 is 14.3 Å². The number of nitrogens with two attached hydrogens (primary N) is 1. The molecule has 19 heavy (non-hydrogen) atoms. The molecule has 1 atom stereocenters. The molecule has 1 aromatic rings. The van der Waals surface area contributed by atoms with Crippen LogP contribution in [0.15, 0.2) is 12.1 Å². The molecule has 1 unspecified atom stereocenters. The molecule has 106 valence electrons. The number of amides is 1. The van der Waals surface area contributed by atoms with Crippen molar-refractivity contribution in [2.24, 2.45) is 5.73 Å². The normalized spacial score (nSPS) is 13.7. The molecule has 0 fully saturated rings. The Labute approximate surface area is 123 Å². The Kier molecular flexibility index (Phi) is 5.29. The zero-order valence-corrected chi connectivity index (χ0v) is 12.3. The van der Waals surface area contributed by atoms with Crippen LogP contribution in [0.3, 0.4) is 0 Å². The molecular weight excluding hydrogens is 291 g/mol. The number of hydrogen-bond donors (Lipinski definition) is 1. The van der Waals surface area contributed by atoms with Crippen LogP contribution in [0.4, 0.5) is 0 Å². The summed E-state index contributed by atoms with van der Waals surface area (Å²) in [5, 5.41) is 0.377. The van der Waals surface area contributed by atoms with E-state index in [-0.39, 0.29) is 31.1 Å². The lowest BCUT2D eigenvalue weighted by atomic mass is 10.1. The fourth-order valence-corrected chi connectivity index (χ4v) is 1.92. The predicted octanol–water partition coefficient (Wildman–Crippen LogP) is 1.91. The standard InChI is InChI=1S/C12H15ClN2O3.ClH/c1-7(5-14)15(2)12(16)8-3-9(13)11-10(4-8)17-6-18-11;/h3-4,7H,5-6,14H2,1-2H3;1H. The van der Waals surface area contributed by atoms with Gasteiger partial charge in [-0.15, -0.1) is 12.4 Å². The van der Waals surface area contributed by atoms with Crippen LogP contribution in [0, 0.1) is 0 Å². The zero-order valence-electron chi connectivity index (χ0n) is 10.7. The van der Waals surface area contributed by atoms with Gasteiger partial charge < -0.3 is 20.1 Å². The smallest absolute Gasteiger partial charge is 0.254 e. The summed E-state index contributed by atoms with van der Waals surface area (Å²) in [4.78, 5) is 13.8. The van der Waals surface area contributed by atoms with E-state index in [0.29, 0.717) is 28.6 Å². The van der Waals surface area contributed by atoms with Crippen LogP contribution in [0.2, 0.25) is 5.02 Å². The number of halogens is 2. The maximum atomic E-state index is 12.2. The molecular formula is C12H16Cl2N2O3. The number of hydrogen-bond acceptors (Lipinski definition) is 4. The highest BCUT2D eigenvalue weighted by molar-refractivity contribution is 6.32. The first-order valence-corrected chi connectivity index (χ1v) is 5.98. The minimum Gasteiger partial charge on any atom is -0.454 e. The molecule has 1 aromatic carbocycles. The van der Waals surface area contributed by atoms with Gasteiger partial charge in [-0.25, -0.2) is 0 Å². The SMILES string of the molecule is CC(CN)N(C)C(=O)c1cc(Cl)c2c(c1)OCO2.Cl. The van der Waals surface area contributed by atoms with E-state index in [9.17, 15) is 4.79 Å². The monoisotopic (exact) mass is 306 g/mol. The van der Waals surface area contributed by atoms with Gasteiger partial charge in [0.1, 0.15) is 0 Å². The van der Waals surface area contributed by atoms with Crippen molar-refractivity contribution in [2.75, 3.05) is 20.4 Å². The zero-order chi connectivity index (χ0) is 13.3. The maximum Gasteiger partial charge on any atom is 0.254 e. The van der Waals surface area contributed by atoms with Crippen LogP contribution in [-0.2, 0) is 0 Å². The fourth-order valence-electron chi connectivity index (χ4n) is 1.65. The second-order valence-corrected chi connectivity index (χ2v) is 4.60. The number of benzene rings is 1. The molecule has 7 heteroatoms. The number of rotatable bonds is 3. The second kappa shape index (κ2) is 6.32. The van der Waals surface area contributed by atoms with Crippen LogP contribution in [0.1, 0.15) is 17.3 Å². The summed E-state index contributed by atoms with van der Waals surface area (Å²) in [6.07, 6.45) is 0. The quantitative estimate of drug-likeness (QED) is 0.926. The molecule has 1 aliphatic rings. The third-order valence-corrected chi connectivity index (χ3v) is 3.28. The molecule has 1 heterocycles. The van der Waals surface area contributed by atoms with E-state index in [1.165, 1.54) is 0 Å². The first-order chi connectivity index (χ1) is 8.54. The summed E-state index contributed by atoms with van der Waals surface area (Å²) in [6, 6.07) is 3.18. The minimum atomic E-state index is -0.145. The van der Waals surface area contributed by atoms with E-state index < -0.39 is 0 Å². The van der Waals surface area contributed by atoms with Gasteiger partial charge in [-0.05, 0) is 19.1 Å². The fraction of sp³-hybridized carbons (Fsp3) is 0.417. The van der Waals surface area contributed by atoms with E-state index in [1.54, 1.807) is 24.1 Å². The van der Waals surface area contributed by atoms with Crippen molar-refractivity contribution in [3.8, 4) is 11.5 Å². The second-order valence-electron chi connectivity index (χ2n) is 4.19. The maximum absolute atomic E-state index is 12.2. The number of carbonyl (C=O) groups excluding carboxylic acids is 1. The van der Waals surface area contributed by atoms with E-state index in [1.807, 2.05) is 6.92 Å². The summed E-state index contributed by atoms with van der Waals surface area (Å²) in [5.41, 5.74) is 6.01. The Hall–Kier alpha value is -1.17. The molecule has 0 bridgehead atoms. The number of ether oxygens (including phenoxy) is 2. The highest BCUT2D eigenvalue weighted by Crippen LogP contribution is 2.39. The molecule has 2 rings (SSSR count). The number of nitrogens with zero attached hydrogens (tertiary/aromatic N) is 1. The Balaban J connectivity index is 0.00000180. The lowest BCUT2D eigenvalue weighted by molar-refractivity contribution is 0.0748. The van der Waals surface area contributed by atoms with Gasteiger partial charge in [-0.3, -0.25) is 4.79 Å². The molecule has 0 radical (unpaired) electrons. The molecule has 5 nitrogen and oxygen atoms in total. The van der Waals surface area contributed by atoms with Crippen LogP contribution >= 0.6 is 24.0 Å². The average molecular weight is 307 g/mol. The average Bonchev–Trinajstić information content (AvgIpc) is 2.84. The lowest BCUT2D eigenvalue weighted by Gasteiger charge is -2.23. The van der Waals surface area contributed by atoms with Gasteiger partial charge in [0, 0.05) is 25.2 Å². The van der Waals surface area contributed by atoms with Crippen LogP contribution in [0.5, 0.6) is 11.5 Å². The van der Waals surface area contributed by atoms with E-state index in [2.05, 4.69) is 0 Å². The summed E-state index contributed by atoms with van der Waals surface area (Å²) in [5.74, 6) is 0.843. The van der Waals surface area contributed by atoms with Crippen molar-refractivity contribution in [1.82, 2.24) is 4.90 Å². The van der Waals surface area contributed by atoms with Gasteiger partial charge in [-0.1, -0.05) is 11.6 Å². The van der Waals surface area contributed by atoms with Crippen LogP contribution in [0.25, 0.3) is 0 Å². The number of fused-ring (bicyclic) bond motifs is 1. The molecule has 0 spiro atoms. The highest BCUT2D eigenvalue weighted by atomic mass is 35.5. The molecule has 0 saturated heterocycles. The lowest BCUT2D eigenvalue weighted by Crippen LogP contribution is -2.39. The van der Waals surface area contributed by atoms with Gasteiger partial charge >= 0.3 is 0 Å². The van der Waals surface area contributed by atoms with Crippen molar-refractivity contribution >= 4 is 29.9 Å². The van der Waals surface area contributed by atoms with E-state index in [4.69, 9.17) is 26.8 Å². The van der Waals surface area contributed by atoms with Gasteiger partial charge in [-0.2, -0.15) is 0 Å². The molecule has 0 aromatic heterocycles. The van der Waals surface area contributed by atoms with Gasteiger partial charge in [0.05, 0.1) is 5.02 Å². The van der Waals surface area contributed by atoms with E-state index >= 15 is 0 Å². The molecule has 1 amide bonds. The minimum absolute atomic E-state index is 0. The topological polar surface area (TPSA) is 64.8 Å². The van der Waals surface area contributed by atoms with Crippen LogP contribution < -0.4 is 15.2 Å². The molecule has 1 aliphatic heterocycles. The highest BCUT2D eigenvalue weighted by Gasteiger charge is 2.23. The Morgan fingerprint density at radius 2 is 2.21 bits per heavy atom. The molecule has 2 N–H and O–H groups in total. The van der Waals surface area contributed by atoms with Crippen LogP contribution in [-0.4, -0.2) is 37.2 Å². The van der Waals surface area contributed by atoms with Gasteiger partial charge in [0.25, 0.3) is 5.91 Å². The first kappa shape index (κ1) is 15.9. The van der Waals surface area contributed by atoms with Crippen molar-refractivity contribution in [1.29, 1.82) is 0 Å². The summed E-state index contributed by atoms with van der Waals surface area (Å²) in [6.45, 7) is 2.41. The third kappa shape index (κ3) is 3.05. The van der Waals surface area contributed by atoms with Crippen molar-refractivity contribution in [3.63, 3.8) is 0 Å². The predicted molar refractivity (Wildman–Crippen MR) is 75.4 cm³/mol. The summed E-state index contributed by atoms with van der Waals surface area (Å²) in [7, 11) is 1.71. The molecule has 0 saturated carbocycles. The number of likely N-dealkylation sites (N-methyl/N-ethyl adjacent to an activating group) is 1. The van der Waals surface area contributed by atoms with Gasteiger partial charge in [0.15, 0.2) is 11.5 Å². The van der Waals surface area contributed by atoms with Crippen molar-refractivity contribution in [2.45, 2.75) is 13.0 Å². The largest absolute Gasteiger partial charge is 0.454 e. The van der Waals surface area contributed by atoms with Gasteiger partial charge in [0.2, 0.25) is 6.79 Å². The third-order valence-electron chi connectivity index (χ3n) is 3.00. The summed E-state index contributed by atoms with van der Waals surface area (Å²) >= 11 is 6.04.